The number of anilines is 1. The van der Waals surface area contributed by atoms with E-state index in [1.54, 1.807) is 12.1 Å². The van der Waals surface area contributed by atoms with Crippen LogP contribution >= 0.6 is 23.4 Å². The molecule has 3 rings (SSSR count). The van der Waals surface area contributed by atoms with Crippen LogP contribution in [0, 0.1) is 0 Å². The fraction of sp³-hybridized carbons (Fsp3) is 0.200. The summed E-state index contributed by atoms with van der Waals surface area (Å²) in [6, 6.07) is 13.8. The molecule has 0 fully saturated rings. The zero-order valence-corrected chi connectivity index (χ0v) is 11.9. The van der Waals surface area contributed by atoms with Crippen LogP contribution in [0.3, 0.4) is 0 Å². The Bertz CT molecular complexity index is 577. The van der Waals surface area contributed by atoms with Gasteiger partial charge in [-0.15, -0.1) is 11.8 Å². The van der Waals surface area contributed by atoms with Crippen LogP contribution in [0.1, 0.15) is 5.56 Å². The molecule has 1 atom stereocenters. The number of fused-ring (bicyclic) bond motifs is 1. The predicted octanol–water partition coefficient (Wildman–Crippen LogP) is 4.02. The van der Waals surface area contributed by atoms with Gasteiger partial charge < -0.3 is 10.5 Å². The molecule has 1 unspecified atom stereocenters. The quantitative estimate of drug-likeness (QED) is 0.868. The third-order valence-electron chi connectivity index (χ3n) is 3.09. The molecule has 4 heteroatoms. The first-order chi connectivity index (χ1) is 9.22. The van der Waals surface area contributed by atoms with Crippen LogP contribution in [-0.2, 0) is 6.42 Å². The van der Waals surface area contributed by atoms with Gasteiger partial charge >= 0.3 is 0 Å². The van der Waals surface area contributed by atoms with E-state index in [-0.39, 0.29) is 0 Å². The summed E-state index contributed by atoms with van der Waals surface area (Å²) in [5.74, 6) is 0.701. The number of ether oxygens (including phenoxy) is 1. The number of hydrogen-bond acceptors (Lipinski definition) is 3. The first kappa shape index (κ1) is 12.7. The maximum atomic E-state index is 6.09. The summed E-state index contributed by atoms with van der Waals surface area (Å²) in [6.07, 6.45) is 1.05. The molecule has 0 aromatic heterocycles. The molecule has 0 bridgehead atoms. The van der Waals surface area contributed by atoms with E-state index in [0.717, 1.165) is 6.42 Å². The summed E-state index contributed by atoms with van der Waals surface area (Å²) in [4.78, 5) is 1.36. The lowest BCUT2D eigenvalue weighted by Crippen LogP contribution is -2.13. The molecular formula is C15H14ClNOS. The van der Waals surface area contributed by atoms with Crippen molar-refractivity contribution < 1.29 is 4.74 Å². The second kappa shape index (κ2) is 5.35. The minimum atomic E-state index is 0.450. The van der Waals surface area contributed by atoms with Gasteiger partial charge in [0.2, 0.25) is 0 Å². The summed E-state index contributed by atoms with van der Waals surface area (Å²) in [5.41, 5.74) is 7.72. The molecule has 0 saturated heterocycles. The molecule has 0 saturated carbocycles. The molecule has 2 nitrogen and oxygen atoms in total. The highest BCUT2D eigenvalue weighted by Gasteiger charge is 2.22. The van der Waals surface area contributed by atoms with Gasteiger partial charge in [-0.3, -0.25) is 0 Å². The van der Waals surface area contributed by atoms with E-state index in [1.165, 1.54) is 10.5 Å². The highest BCUT2D eigenvalue weighted by molar-refractivity contribution is 8.00. The van der Waals surface area contributed by atoms with E-state index in [2.05, 4.69) is 24.3 Å². The molecule has 0 aliphatic carbocycles. The van der Waals surface area contributed by atoms with Gasteiger partial charge in [0.15, 0.2) is 0 Å². The van der Waals surface area contributed by atoms with Gasteiger partial charge in [0.05, 0.1) is 5.02 Å². The number of benzene rings is 2. The summed E-state index contributed by atoms with van der Waals surface area (Å²) in [5, 5.41) is 1.02. The molecule has 0 radical (unpaired) electrons. The summed E-state index contributed by atoms with van der Waals surface area (Å²) >= 11 is 7.96. The van der Waals surface area contributed by atoms with Crippen LogP contribution in [0.25, 0.3) is 0 Å². The molecule has 2 N–H and O–H groups in total. The largest absolute Gasteiger partial charge is 0.491 e. The SMILES string of the molecule is Nc1ccc(OCC2Cc3ccccc3S2)c(Cl)c1. The van der Waals surface area contributed by atoms with Gasteiger partial charge in [-0.25, -0.2) is 0 Å². The third kappa shape index (κ3) is 2.82. The standard InChI is InChI=1S/C15H14ClNOS/c16-13-8-11(17)5-6-14(13)18-9-12-7-10-3-1-2-4-15(10)19-12/h1-6,8,12H,7,9,17H2. The first-order valence-corrected chi connectivity index (χ1v) is 7.40. The number of thioether (sulfide) groups is 1. The van der Waals surface area contributed by atoms with Crippen molar-refractivity contribution in [1.82, 2.24) is 0 Å². The van der Waals surface area contributed by atoms with E-state index < -0.39 is 0 Å². The van der Waals surface area contributed by atoms with Crippen molar-refractivity contribution in [3.8, 4) is 5.75 Å². The van der Waals surface area contributed by atoms with Crippen LogP contribution < -0.4 is 10.5 Å². The molecule has 2 aromatic rings. The van der Waals surface area contributed by atoms with Crippen LogP contribution in [0.4, 0.5) is 5.69 Å². The Hall–Kier alpha value is -1.32. The predicted molar refractivity (Wildman–Crippen MR) is 81.2 cm³/mol. The minimum absolute atomic E-state index is 0.450. The summed E-state index contributed by atoms with van der Waals surface area (Å²) < 4.78 is 5.80. The Morgan fingerprint density at radius 2 is 2.11 bits per heavy atom. The minimum Gasteiger partial charge on any atom is -0.491 e. The van der Waals surface area contributed by atoms with Crippen molar-refractivity contribution in [2.24, 2.45) is 0 Å². The Kier molecular flexibility index (Phi) is 3.58. The average Bonchev–Trinajstić information content (AvgIpc) is 2.80. The average molecular weight is 292 g/mol. The van der Waals surface area contributed by atoms with Crippen LogP contribution in [0.2, 0.25) is 5.02 Å². The van der Waals surface area contributed by atoms with Gasteiger partial charge in [0, 0.05) is 15.8 Å². The zero-order chi connectivity index (χ0) is 13.2. The third-order valence-corrected chi connectivity index (χ3v) is 4.68. The van der Waals surface area contributed by atoms with Crippen molar-refractivity contribution in [2.45, 2.75) is 16.6 Å². The summed E-state index contributed by atoms with van der Waals surface area (Å²) in [6.45, 7) is 0.656. The van der Waals surface area contributed by atoms with Crippen molar-refractivity contribution >= 4 is 29.1 Å². The van der Waals surface area contributed by atoms with Gasteiger partial charge in [0.25, 0.3) is 0 Å². The van der Waals surface area contributed by atoms with Gasteiger partial charge in [-0.2, -0.15) is 0 Å². The van der Waals surface area contributed by atoms with Gasteiger partial charge in [0.1, 0.15) is 12.4 Å². The molecule has 1 aliphatic heterocycles. The number of hydrogen-bond donors (Lipinski definition) is 1. The van der Waals surface area contributed by atoms with E-state index in [4.69, 9.17) is 22.1 Å². The smallest absolute Gasteiger partial charge is 0.138 e. The fourth-order valence-corrected chi connectivity index (χ4v) is 3.63. The monoisotopic (exact) mass is 291 g/mol. The fourth-order valence-electron chi connectivity index (χ4n) is 2.16. The highest BCUT2D eigenvalue weighted by atomic mass is 35.5. The van der Waals surface area contributed by atoms with Crippen molar-refractivity contribution in [1.29, 1.82) is 0 Å². The normalized spacial score (nSPS) is 17.2. The Balaban J connectivity index is 1.63. The van der Waals surface area contributed by atoms with E-state index in [0.29, 0.717) is 28.3 Å². The molecule has 0 amide bonds. The number of rotatable bonds is 3. The van der Waals surface area contributed by atoms with Crippen LogP contribution in [0.5, 0.6) is 5.75 Å². The Morgan fingerprint density at radius 3 is 2.89 bits per heavy atom. The molecule has 1 aliphatic rings. The van der Waals surface area contributed by atoms with E-state index >= 15 is 0 Å². The first-order valence-electron chi connectivity index (χ1n) is 6.15. The molecule has 1 heterocycles. The Labute approximate surface area is 121 Å². The van der Waals surface area contributed by atoms with Gasteiger partial charge in [-0.1, -0.05) is 29.8 Å². The maximum absolute atomic E-state index is 6.09. The summed E-state index contributed by atoms with van der Waals surface area (Å²) in [7, 11) is 0. The van der Waals surface area contributed by atoms with Crippen LogP contribution in [-0.4, -0.2) is 11.9 Å². The van der Waals surface area contributed by atoms with Gasteiger partial charge in [-0.05, 0) is 36.2 Å². The number of halogens is 1. The van der Waals surface area contributed by atoms with E-state index in [9.17, 15) is 0 Å². The maximum Gasteiger partial charge on any atom is 0.138 e. The molecule has 98 valence electrons. The van der Waals surface area contributed by atoms with Crippen LogP contribution in [0.15, 0.2) is 47.4 Å². The lowest BCUT2D eigenvalue weighted by molar-refractivity contribution is 0.318. The molecule has 19 heavy (non-hydrogen) atoms. The Morgan fingerprint density at radius 1 is 1.26 bits per heavy atom. The van der Waals surface area contributed by atoms with Crippen molar-refractivity contribution in [3.63, 3.8) is 0 Å². The number of nitrogen functional groups attached to an aromatic ring is 1. The molecular weight excluding hydrogens is 278 g/mol. The second-order valence-electron chi connectivity index (χ2n) is 4.55. The van der Waals surface area contributed by atoms with Crippen molar-refractivity contribution in [2.75, 3.05) is 12.3 Å². The molecule has 2 aromatic carbocycles. The lowest BCUT2D eigenvalue weighted by Gasteiger charge is -2.12. The lowest BCUT2D eigenvalue weighted by atomic mass is 10.1. The number of nitrogens with two attached hydrogens (primary N) is 1. The van der Waals surface area contributed by atoms with Crippen molar-refractivity contribution in [3.05, 3.63) is 53.1 Å². The van der Waals surface area contributed by atoms with E-state index in [1.807, 2.05) is 17.8 Å². The topological polar surface area (TPSA) is 35.2 Å². The zero-order valence-electron chi connectivity index (χ0n) is 10.3. The highest BCUT2D eigenvalue weighted by Crippen LogP contribution is 2.37. The second-order valence-corrected chi connectivity index (χ2v) is 6.30. The molecule has 0 spiro atoms.